The lowest BCUT2D eigenvalue weighted by atomic mass is 10.3. The molecule has 1 amide bonds. The molecule has 9 heteroatoms. The van der Waals surface area contributed by atoms with Crippen molar-refractivity contribution < 1.29 is 14.5 Å². The van der Waals surface area contributed by atoms with Crippen LogP contribution in [-0.4, -0.2) is 23.2 Å². The van der Waals surface area contributed by atoms with E-state index in [4.69, 9.17) is 11.6 Å². The van der Waals surface area contributed by atoms with E-state index in [9.17, 15) is 14.5 Å². The van der Waals surface area contributed by atoms with E-state index in [-0.39, 0.29) is 12.4 Å². The van der Waals surface area contributed by atoms with Crippen LogP contribution in [0.5, 0.6) is 0 Å². The predicted octanol–water partition coefficient (Wildman–Crippen LogP) is 3.67. The second kappa shape index (κ2) is 6.97. The highest BCUT2D eigenvalue weighted by molar-refractivity contribution is 7.99. The molecule has 1 aliphatic heterocycles. The van der Waals surface area contributed by atoms with Gasteiger partial charge in [0.2, 0.25) is 0 Å². The normalized spacial score (nSPS) is 18.4. The molecule has 3 rings (SSSR count). The molecule has 0 aromatic heterocycles. The molecule has 0 radical (unpaired) electrons. The molecule has 0 aliphatic carbocycles. The van der Waals surface area contributed by atoms with Crippen LogP contribution in [0.15, 0.2) is 58.3 Å². The summed E-state index contributed by atoms with van der Waals surface area (Å²) in [6, 6.07) is 15.3. The minimum atomic E-state index is -3.56. The van der Waals surface area contributed by atoms with Crippen molar-refractivity contribution in [2.45, 2.75) is 9.79 Å². The first-order valence-electron chi connectivity index (χ1n) is 7.10. The Labute approximate surface area is 148 Å². The van der Waals surface area contributed by atoms with Gasteiger partial charge in [0.25, 0.3) is 0 Å². The van der Waals surface area contributed by atoms with E-state index >= 15 is 0 Å². The third kappa shape index (κ3) is 3.48. The molecule has 2 aromatic carbocycles. The van der Waals surface area contributed by atoms with Gasteiger partial charge in [0.05, 0.1) is 11.4 Å². The fourth-order valence-electron chi connectivity index (χ4n) is 2.30. The number of alkyl halides is 1. The van der Waals surface area contributed by atoms with Crippen LogP contribution in [0.4, 0.5) is 16.2 Å². The molecule has 1 unspecified atom stereocenters. The minimum Gasteiger partial charge on any atom is -0.530 e. The smallest absolute Gasteiger partial charge is 0.356 e. The quantitative estimate of drug-likeness (QED) is 0.606. The second-order valence-electron chi connectivity index (χ2n) is 5.00. The predicted molar refractivity (Wildman–Crippen MR) is 94.7 cm³/mol. The number of carboxylic acid groups (broad SMARTS) is 1. The maximum atomic E-state index is 12.9. The largest absolute Gasteiger partial charge is 0.530 e. The highest BCUT2D eigenvalue weighted by Crippen LogP contribution is 2.57. The molecular weight excluding hydrogens is 369 g/mol. The van der Waals surface area contributed by atoms with E-state index < -0.39 is 13.7 Å². The van der Waals surface area contributed by atoms with Gasteiger partial charge in [-0.3, -0.25) is 9.24 Å². The maximum Gasteiger partial charge on any atom is 0.356 e. The molecule has 0 fully saturated rings. The van der Waals surface area contributed by atoms with Crippen LogP contribution in [0.2, 0.25) is 0 Å². The van der Waals surface area contributed by atoms with E-state index in [1.54, 1.807) is 17.8 Å². The summed E-state index contributed by atoms with van der Waals surface area (Å²) in [5, 5.41) is 16.8. The standard InChI is InChI=1S/C15H15ClN3O3PS/c16-8-9-19(15(20)21)23(22)17-13-7-6-12(10-14(13)18-23)24-11-4-2-1-3-5-11/h1-7,10H,8-9H2,(H,20,21)(H2,17,18,22)/p-1. The zero-order valence-electron chi connectivity index (χ0n) is 12.4. The highest BCUT2D eigenvalue weighted by atomic mass is 35.5. The number of fused-ring (bicyclic) bond motifs is 1. The Hall–Kier alpha value is -1.82. The van der Waals surface area contributed by atoms with E-state index in [0.29, 0.717) is 16.0 Å². The molecule has 1 aliphatic rings. The lowest BCUT2D eigenvalue weighted by Crippen LogP contribution is -2.42. The highest BCUT2D eigenvalue weighted by Gasteiger charge is 2.37. The van der Waals surface area contributed by atoms with E-state index in [2.05, 4.69) is 10.2 Å². The monoisotopic (exact) mass is 382 g/mol. The van der Waals surface area contributed by atoms with Crippen molar-refractivity contribution in [2.24, 2.45) is 0 Å². The molecule has 126 valence electrons. The molecule has 2 N–H and O–H groups in total. The van der Waals surface area contributed by atoms with Crippen LogP contribution in [0.25, 0.3) is 0 Å². The summed E-state index contributed by atoms with van der Waals surface area (Å²) in [7, 11) is -3.56. The summed E-state index contributed by atoms with van der Waals surface area (Å²) >= 11 is 7.15. The molecule has 1 atom stereocenters. The van der Waals surface area contributed by atoms with Crippen molar-refractivity contribution >= 4 is 48.4 Å². The third-order valence-electron chi connectivity index (χ3n) is 3.36. The summed E-state index contributed by atoms with van der Waals surface area (Å²) < 4.78 is 13.6. The average molecular weight is 383 g/mol. The Balaban J connectivity index is 1.82. The number of halogens is 1. The number of amides is 1. The molecule has 6 nitrogen and oxygen atoms in total. The van der Waals surface area contributed by atoms with Crippen molar-refractivity contribution in [2.75, 3.05) is 22.6 Å². The summed E-state index contributed by atoms with van der Waals surface area (Å²) in [4.78, 5) is 13.3. The summed E-state index contributed by atoms with van der Waals surface area (Å²) in [5.74, 6) is 0.0206. The number of rotatable bonds is 5. The maximum absolute atomic E-state index is 12.9. The second-order valence-corrected chi connectivity index (χ2v) is 8.61. The molecular formula is C15H14ClN3O3PS-. The Morgan fingerprint density at radius 3 is 2.50 bits per heavy atom. The number of nitrogens with one attached hydrogen (secondary N) is 2. The van der Waals surface area contributed by atoms with Gasteiger partial charge in [-0.25, -0.2) is 0 Å². The van der Waals surface area contributed by atoms with Crippen LogP contribution >= 0.6 is 31.0 Å². The fourth-order valence-corrected chi connectivity index (χ4v) is 5.41. The first-order chi connectivity index (χ1) is 11.5. The van der Waals surface area contributed by atoms with Gasteiger partial charge in [-0.1, -0.05) is 30.0 Å². The zero-order valence-corrected chi connectivity index (χ0v) is 14.9. The molecule has 0 spiro atoms. The topological polar surface area (TPSA) is 84.5 Å². The third-order valence-corrected chi connectivity index (χ3v) is 6.66. The van der Waals surface area contributed by atoms with Gasteiger partial charge in [-0.2, -0.15) is 0 Å². The molecule has 24 heavy (non-hydrogen) atoms. The summed E-state index contributed by atoms with van der Waals surface area (Å²) in [5.41, 5.74) is 1.16. The van der Waals surface area contributed by atoms with Crippen molar-refractivity contribution in [3.8, 4) is 0 Å². The first-order valence-corrected chi connectivity index (χ1v) is 10.1. The fraction of sp³-hybridized carbons (Fsp3) is 0.133. The molecule has 1 heterocycles. The van der Waals surface area contributed by atoms with Gasteiger partial charge in [-0.05, 0) is 30.3 Å². The Morgan fingerprint density at radius 2 is 1.83 bits per heavy atom. The molecule has 0 saturated heterocycles. The Morgan fingerprint density at radius 1 is 1.12 bits per heavy atom. The minimum absolute atomic E-state index is 0.0206. The van der Waals surface area contributed by atoms with Crippen molar-refractivity contribution in [3.63, 3.8) is 0 Å². The number of nitrogens with zero attached hydrogens (tertiary/aromatic N) is 1. The molecule has 0 saturated carbocycles. The van der Waals surface area contributed by atoms with Crippen molar-refractivity contribution in [1.82, 2.24) is 4.67 Å². The van der Waals surface area contributed by atoms with E-state index in [0.717, 1.165) is 9.79 Å². The number of carbonyl (C=O) groups is 1. The number of hydrogen-bond donors (Lipinski definition) is 2. The van der Waals surface area contributed by atoms with Crippen molar-refractivity contribution in [1.29, 1.82) is 0 Å². The van der Waals surface area contributed by atoms with Gasteiger partial charge in [0, 0.05) is 22.2 Å². The van der Waals surface area contributed by atoms with Crippen molar-refractivity contribution in [3.05, 3.63) is 48.5 Å². The lowest BCUT2D eigenvalue weighted by molar-refractivity contribution is -0.259. The van der Waals surface area contributed by atoms with E-state index in [1.165, 1.54) is 0 Å². The molecule has 2 aromatic rings. The van der Waals surface area contributed by atoms with Crippen LogP contribution in [0.3, 0.4) is 0 Å². The first kappa shape index (κ1) is 17.0. The van der Waals surface area contributed by atoms with Gasteiger partial charge >= 0.3 is 7.59 Å². The Bertz CT molecular complexity index is 806. The number of anilines is 2. The van der Waals surface area contributed by atoms with Gasteiger partial charge in [0.15, 0.2) is 0 Å². The number of carbonyl (C=O) groups excluding carboxylic acids is 1. The average Bonchev–Trinajstić information content (AvgIpc) is 2.89. The summed E-state index contributed by atoms with van der Waals surface area (Å²) in [6.45, 7) is -0.0965. The van der Waals surface area contributed by atoms with E-state index in [1.807, 2.05) is 42.5 Å². The lowest BCUT2D eigenvalue weighted by Gasteiger charge is -2.29. The van der Waals surface area contributed by atoms with Crippen LogP contribution < -0.4 is 15.3 Å². The van der Waals surface area contributed by atoms with Crippen LogP contribution in [-0.2, 0) is 4.57 Å². The SMILES string of the molecule is O=C([O-])N(CCCl)P1(=O)Nc2ccc(Sc3ccccc3)cc2N1. The number of hydrogen-bond acceptors (Lipinski definition) is 4. The summed E-state index contributed by atoms with van der Waals surface area (Å²) in [6.07, 6.45) is -1.54. The molecule has 0 bridgehead atoms. The zero-order chi connectivity index (χ0) is 17.2. The van der Waals surface area contributed by atoms with Crippen LogP contribution in [0, 0.1) is 0 Å². The van der Waals surface area contributed by atoms with Gasteiger partial charge in [-0.15, -0.1) is 11.6 Å². The van der Waals surface area contributed by atoms with Crippen LogP contribution in [0.1, 0.15) is 0 Å². The number of benzene rings is 2. The Kier molecular flexibility index (Phi) is 4.94. The van der Waals surface area contributed by atoms with Gasteiger partial charge in [0.1, 0.15) is 6.09 Å². The van der Waals surface area contributed by atoms with Gasteiger partial charge < -0.3 is 20.1 Å².